The molecular weight excluding hydrogens is 459 g/mol. The summed E-state index contributed by atoms with van der Waals surface area (Å²) in [6, 6.07) is 24.7. The van der Waals surface area contributed by atoms with Crippen molar-refractivity contribution in [2.75, 3.05) is 7.11 Å². The van der Waals surface area contributed by atoms with Crippen LogP contribution in [0.4, 0.5) is 4.39 Å². The lowest BCUT2D eigenvalue weighted by atomic mass is 9.97. The number of rotatable bonds is 4. The molecule has 0 spiro atoms. The number of halogens is 1. The van der Waals surface area contributed by atoms with E-state index in [1.54, 1.807) is 19.2 Å². The van der Waals surface area contributed by atoms with Crippen LogP contribution in [-0.4, -0.2) is 23.3 Å². The number of allylic oxidation sites excluding steroid dienone is 4. The summed E-state index contributed by atoms with van der Waals surface area (Å²) in [7, 11) is -0.174. The second kappa shape index (κ2) is 10.1. The van der Waals surface area contributed by atoms with Crippen LogP contribution in [0.1, 0.15) is 25.8 Å². The van der Waals surface area contributed by atoms with E-state index in [4.69, 9.17) is 4.74 Å². The Morgan fingerprint density at radius 3 is 2.32 bits per heavy atom. The summed E-state index contributed by atoms with van der Waals surface area (Å²) in [4.78, 5) is 0. The quantitative estimate of drug-likeness (QED) is 0.392. The molecule has 1 aliphatic carbocycles. The van der Waals surface area contributed by atoms with Crippen LogP contribution in [-0.2, 0) is 6.42 Å². The predicted molar refractivity (Wildman–Crippen MR) is 145 cm³/mol. The van der Waals surface area contributed by atoms with Crippen LogP contribution in [0, 0.1) is 5.82 Å². The number of hydrogen-bond donors (Lipinski definition) is 0. The Bertz CT molecular complexity index is 1240. The second-order valence-electron chi connectivity index (χ2n) is 8.92. The third kappa shape index (κ3) is 4.27. The molecule has 34 heavy (non-hydrogen) atoms. The summed E-state index contributed by atoms with van der Waals surface area (Å²) < 4.78 is 24.0. The van der Waals surface area contributed by atoms with Gasteiger partial charge in [0, 0.05) is 38.5 Å². The van der Waals surface area contributed by atoms with Gasteiger partial charge in [-0.3, -0.25) is 0 Å². The van der Waals surface area contributed by atoms with Gasteiger partial charge in [-0.05, 0) is 61.8 Å². The highest BCUT2D eigenvalue weighted by Gasteiger charge is 2.42. The number of para-hydroxylation sites is 1. The number of fused-ring (bicyclic) bond motifs is 2. The van der Waals surface area contributed by atoms with E-state index < -0.39 is 16.1 Å². The van der Waals surface area contributed by atoms with Gasteiger partial charge in [0.2, 0.25) is 0 Å². The minimum atomic E-state index is -1.08. The molecule has 5 heteroatoms. The Balaban J connectivity index is 1.83. The maximum Gasteiger partial charge on any atom is 0.132 e. The molecule has 3 unspecified atom stereocenters. The van der Waals surface area contributed by atoms with Gasteiger partial charge in [-0.1, -0.05) is 72.3 Å². The van der Waals surface area contributed by atoms with Crippen LogP contribution in [0.5, 0.6) is 5.75 Å². The third-order valence-electron chi connectivity index (χ3n) is 6.44. The minimum absolute atomic E-state index is 0.121. The molecule has 1 heterocycles. The van der Waals surface area contributed by atoms with Gasteiger partial charge in [-0.15, -0.1) is 0 Å². The van der Waals surface area contributed by atoms with E-state index in [2.05, 4.69) is 79.0 Å². The molecule has 0 saturated heterocycles. The number of benzene rings is 3. The highest BCUT2D eigenvalue weighted by atomic mass is 31.2. The fourth-order valence-electron chi connectivity index (χ4n) is 4.97. The number of hydrogen-bond acceptors (Lipinski definition) is 2. The molecule has 0 saturated carbocycles. The van der Waals surface area contributed by atoms with Crippen molar-refractivity contribution in [3.05, 3.63) is 108 Å². The number of methoxy groups -OCH3 is 1. The van der Waals surface area contributed by atoms with Crippen molar-refractivity contribution in [2.24, 2.45) is 0 Å². The first-order valence-corrected chi connectivity index (χ1v) is 14.5. The number of nitrogens with zero attached hydrogens (tertiary/aromatic N) is 1. The van der Waals surface area contributed by atoms with Gasteiger partial charge in [0.1, 0.15) is 11.6 Å². The van der Waals surface area contributed by atoms with Crippen molar-refractivity contribution in [3.8, 4) is 5.75 Å². The molecule has 3 aromatic carbocycles. The fraction of sp³-hybridized carbons (Fsp3) is 0.241. The lowest BCUT2D eigenvalue weighted by Gasteiger charge is -2.47. The van der Waals surface area contributed by atoms with Crippen molar-refractivity contribution >= 4 is 32.1 Å². The van der Waals surface area contributed by atoms with Gasteiger partial charge in [0.25, 0.3) is 0 Å². The van der Waals surface area contributed by atoms with Crippen molar-refractivity contribution in [1.82, 2.24) is 4.44 Å². The van der Waals surface area contributed by atoms with E-state index in [0.29, 0.717) is 5.66 Å². The van der Waals surface area contributed by atoms with E-state index in [1.807, 2.05) is 18.2 Å². The van der Waals surface area contributed by atoms with E-state index >= 15 is 4.39 Å². The van der Waals surface area contributed by atoms with Crippen molar-refractivity contribution in [2.45, 2.75) is 38.4 Å². The van der Waals surface area contributed by atoms with Crippen molar-refractivity contribution in [1.29, 1.82) is 0 Å². The van der Waals surface area contributed by atoms with E-state index in [9.17, 15) is 0 Å². The van der Waals surface area contributed by atoms with Gasteiger partial charge in [0.15, 0.2) is 0 Å². The molecular formula is C29H30FNOP2. The molecule has 0 fully saturated rings. The molecule has 3 atom stereocenters. The van der Waals surface area contributed by atoms with Gasteiger partial charge in [0.05, 0.1) is 7.11 Å². The molecule has 0 aromatic heterocycles. The Morgan fingerprint density at radius 2 is 1.59 bits per heavy atom. The zero-order valence-corrected chi connectivity index (χ0v) is 21.6. The molecule has 2 aliphatic rings. The predicted octanol–water partition coefficient (Wildman–Crippen LogP) is 6.43. The summed E-state index contributed by atoms with van der Waals surface area (Å²) in [5.41, 5.74) is 3.12. The zero-order chi connectivity index (χ0) is 23.7. The fourth-order valence-corrected chi connectivity index (χ4v) is 12.1. The smallest absolute Gasteiger partial charge is 0.132 e. The average Bonchev–Trinajstić information content (AvgIpc) is 2.85. The third-order valence-corrected chi connectivity index (χ3v) is 13.0. The summed E-state index contributed by atoms with van der Waals surface area (Å²) in [5.74, 6) is 0.800. The van der Waals surface area contributed by atoms with Crippen LogP contribution in [0.3, 0.4) is 0 Å². The summed E-state index contributed by atoms with van der Waals surface area (Å²) in [5, 5.41) is 3.30. The summed E-state index contributed by atoms with van der Waals surface area (Å²) in [6.45, 7) is 4.51. The molecule has 2 nitrogen and oxygen atoms in total. The topological polar surface area (TPSA) is 12.5 Å². The molecule has 0 radical (unpaired) electrons. The van der Waals surface area contributed by atoms with Crippen LogP contribution < -0.4 is 20.7 Å². The van der Waals surface area contributed by atoms with E-state index in [-0.39, 0.29) is 11.9 Å². The maximum atomic E-state index is 15.5. The van der Waals surface area contributed by atoms with Crippen LogP contribution in [0.25, 0.3) is 0 Å². The van der Waals surface area contributed by atoms with Gasteiger partial charge >= 0.3 is 0 Å². The van der Waals surface area contributed by atoms with Crippen molar-refractivity contribution in [3.63, 3.8) is 0 Å². The largest absolute Gasteiger partial charge is 0.496 e. The minimum Gasteiger partial charge on any atom is -0.496 e. The normalized spacial score (nSPS) is 22.4. The molecule has 0 amide bonds. The highest BCUT2D eigenvalue weighted by molar-refractivity contribution is 7.82. The lowest BCUT2D eigenvalue weighted by molar-refractivity contribution is 0.418. The Kier molecular flexibility index (Phi) is 6.98. The van der Waals surface area contributed by atoms with Gasteiger partial charge in [-0.25, -0.2) is 8.83 Å². The standard InChI is InChI=1S/C29H30FNOP2/c1-21(2)31-33(28-18-10-6-14-24(28)30)26-16-8-4-12-22(26)20-23-13-5-9-17-27(23)34(31)29-19-11-7-15-25(29)32-3/h4-16,18-19,21,27H,17,20H2,1-3H3. The molecule has 0 bridgehead atoms. The first-order valence-electron chi connectivity index (χ1n) is 11.8. The molecule has 1 aliphatic heterocycles. The Morgan fingerprint density at radius 1 is 0.912 bits per heavy atom. The molecule has 3 aromatic rings. The molecule has 0 N–H and O–H groups in total. The molecule has 5 rings (SSSR count). The van der Waals surface area contributed by atoms with Crippen molar-refractivity contribution < 1.29 is 9.13 Å². The van der Waals surface area contributed by atoms with E-state index in [1.165, 1.54) is 21.7 Å². The highest BCUT2D eigenvalue weighted by Crippen LogP contribution is 2.63. The molecule has 174 valence electrons. The van der Waals surface area contributed by atoms with Gasteiger partial charge < -0.3 is 4.74 Å². The summed E-state index contributed by atoms with van der Waals surface area (Å²) in [6.07, 6.45) is 8.69. The van der Waals surface area contributed by atoms with E-state index in [0.717, 1.165) is 23.9 Å². The Hall–Kier alpha value is -2.31. The lowest BCUT2D eigenvalue weighted by Crippen LogP contribution is -2.40. The second-order valence-corrected chi connectivity index (χ2v) is 13.5. The first kappa shape index (κ1) is 23.4. The Labute approximate surface area is 204 Å². The van der Waals surface area contributed by atoms with Crippen LogP contribution in [0.15, 0.2) is 96.6 Å². The SMILES string of the molecule is COc1ccccc1P1C2CC=CC=C2Cc2ccccc2P(c2ccccc2F)N1C(C)C. The first-order chi connectivity index (χ1) is 16.6. The van der Waals surface area contributed by atoms with Crippen LogP contribution in [0.2, 0.25) is 0 Å². The monoisotopic (exact) mass is 489 g/mol. The van der Waals surface area contributed by atoms with Crippen LogP contribution >= 0.6 is 16.1 Å². The maximum absolute atomic E-state index is 15.5. The average molecular weight is 490 g/mol. The zero-order valence-electron chi connectivity index (χ0n) is 19.9. The summed E-state index contributed by atoms with van der Waals surface area (Å²) >= 11 is 0. The van der Waals surface area contributed by atoms with Gasteiger partial charge in [-0.2, -0.15) is 0 Å². The number of ether oxygens (including phenoxy) is 1.